The van der Waals surface area contributed by atoms with Gasteiger partial charge in [0.2, 0.25) is 0 Å². The first-order valence-corrected chi connectivity index (χ1v) is 9.78. The first-order chi connectivity index (χ1) is 11.5. The summed E-state index contributed by atoms with van der Waals surface area (Å²) in [6, 6.07) is 0. The molecule has 0 aromatic rings. The summed E-state index contributed by atoms with van der Waals surface area (Å²) in [5.74, 6) is 1.46. The second-order valence-electron chi connectivity index (χ2n) is 7.69. The van der Waals surface area contributed by atoms with Crippen LogP contribution in [0.3, 0.4) is 0 Å². The van der Waals surface area contributed by atoms with E-state index in [2.05, 4.69) is 6.92 Å². The fourth-order valence-electron chi connectivity index (χ4n) is 4.02. The maximum absolute atomic E-state index is 12.2. The van der Waals surface area contributed by atoms with Crippen molar-refractivity contribution in [2.45, 2.75) is 90.0 Å². The van der Waals surface area contributed by atoms with Crippen LogP contribution in [0, 0.1) is 17.8 Å². The number of hydrogen-bond acceptors (Lipinski definition) is 2. The Labute approximate surface area is 144 Å². The van der Waals surface area contributed by atoms with E-state index in [1.54, 1.807) is 0 Å². The minimum atomic E-state index is -4.05. The van der Waals surface area contributed by atoms with Crippen molar-refractivity contribution < 1.29 is 22.6 Å². The molecule has 0 spiro atoms. The van der Waals surface area contributed by atoms with Crippen LogP contribution in [0.5, 0.6) is 0 Å². The minimum Gasteiger partial charge on any atom is -0.352 e. The lowest BCUT2D eigenvalue weighted by molar-refractivity contribution is -0.230. The third-order valence-corrected chi connectivity index (χ3v) is 5.56. The van der Waals surface area contributed by atoms with Gasteiger partial charge in [-0.2, -0.15) is 13.2 Å². The summed E-state index contributed by atoms with van der Waals surface area (Å²) in [5.41, 5.74) is 0. The molecule has 0 unspecified atom stereocenters. The van der Waals surface area contributed by atoms with E-state index in [0.29, 0.717) is 25.6 Å². The minimum absolute atomic E-state index is 0.119. The average molecular weight is 350 g/mol. The fourth-order valence-corrected chi connectivity index (χ4v) is 4.02. The van der Waals surface area contributed by atoms with Crippen molar-refractivity contribution in [3.8, 4) is 0 Å². The van der Waals surface area contributed by atoms with E-state index < -0.39 is 12.6 Å². The highest BCUT2D eigenvalue weighted by atomic mass is 19.4. The molecular weight excluding hydrogens is 317 g/mol. The highest BCUT2D eigenvalue weighted by molar-refractivity contribution is 4.77. The molecule has 0 aromatic heterocycles. The van der Waals surface area contributed by atoms with Crippen LogP contribution in [0.15, 0.2) is 0 Å². The second kappa shape index (κ2) is 10.0. The van der Waals surface area contributed by atoms with E-state index in [0.717, 1.165) is 5.92 Å². The van der Waals surface area contributed by atoms with Crippen LogP contribution in [0.1, 0.15) is 77.6 Å². The monoisotopic (exact) mass is 350 g/mol. The molecule has 2 rings (SSSR count). The van der Waals surface area contributed by atoms with E-state index in [1.807, 2.05) is 0 Å². The summed E-state index contributed by atoms with van der Waals surface area (Å²) in [7, 11) is 0. The predicted octanol–water partition coefficient (Wildman–Crippen LogP) is 6.09. The lowest BCUT2D eigenvalue weighted by atomic mass is 9.79. The Balaban J connectivity index is 1.58. The molecule has 2 aliphatic rings. The van der Waals surface area contributed by atoms with Crippen LogP contribution < -0.4 is 0 Å². The van der Waals surface area contributed by atoms with Crippen LogP contribution >= 0.6 is 0 Å². The first-order valence-electron chi connectivity index (χ1n) is 9.78. The zero-order chi connectivity index (χ0) is 17.4. The van der Waals surface area contributed by atoms with Crippen LogP contribution in [0.2, 0.25) is 0 Å². The number of unbranched alkanes of at least 4 members (excludes halogenated alkanes) is 2. The van der Waals surface area contributed by atoms with Crippen molar-refractivity contribution in [2.24, 2.45) is 17.8 Å². The molecule has 1 aliphatic carbocycles. The van der Waals surface area contributed by atoms with Gasteiger partial charge in [-0.1, -0.05) is 32.6 Å². The summed E-state index contributed by atoms with van der Waals surface area (Å²) in [6.45, 7) is 3.35. The summed E-state index contributed by atoms with van der Waals surface area (Å²) < 4.78 is 48.2. The highest BCUT2D eigenvalue weighted by Gasteiger charge is 2.33. The van der Waals surface area contributed by atoms with Gasteiger partial charge in [0, 0.05) is 18.3 Å². The second-order valence-corrected chi connectivity index (χ2v) is 7.69. The third-order valence-electron chi connectivity index (χ3n) is 5.56. The SMILES string of the molecule is CCCCCC1CCC(C2OCC(CCCC(F)(F)F)CO2)CC1. The summed E-state index contributed by atoms with van der Waals surface area (Å²) in [5, 5.41) is 0. The van der Waals surface area contributed by atoms with Gasteiger partial charge in [-0.25, -0.2) is 0 Å². The lowest BCUT2D eigenvalue weighted by Crippen LogP contribution is -2.38. The number of rotatable bonds is 8. The molecule has 1 saturated carbocycles. The molecule has 1 saturated heterocycles. The molecule has 2 nitrogen and oxygen atoms in total. The normalized spacial score (nSPS) is 32.0. The standard InChI is InChI=1S/C19H33F3O2/c1-2-3-4-6-15-8-10-17(11-9-15)18-23-13-16(14-24-18)7-5-12-19(20,21)22/h15-18H,2-14H2,1H3. The van der Waals surface area contributed by atoms with Gasteiger partial charge >= 0.3 is 6.18 Å². The summed E-state index contributed by atoms with van der Waals surface area (Å²) in [6.07, 6.45) is 6.04. The lowest BCUT2D eigenvalue weighted by Gasteiger charge is -2.37. The van der Waals surface area contributed by atoms with Crippen LogP contribution in [0.25, 0.3) is 0 Å². The third kappa shape index (κ3) is 7.30. The Kier molecular flexibility index (Phi) is 8.35. The van der Waals surface area contributed by atoms with Gasteiger partial charge in [0.25, 0.3) is 0 Å². The Morgan fingerprint density at radius 1 is 0.833 bits per heavy atom. The van der Waals surface area contributed by atoms with Gasteiger partial charge in [-0.05, 0) is 44.4 Å². The molecule has 5 heteroatoms. The quantitative estimate of drug-likeness (QED) is 0.493. The predicted molar refractivity (Wildman–Crippen MR) is 88.7 cm³/mol. The van der Waals surface area contributed by atoms with E-state index in [1.165, 1.54) is 51.4 Å². The molecule has 0 radical (unpaired) electrons. The Hall–Kier alpha value is -0.290. The van der Waals surface area contributed by atoms with Gasteiger partial charge in [0.15, 0.2) is 6.29 Å². The van der Waals surface area contributed by atoms with Gasteiger partial charge < -0.3 is 9.47 Å². The zero-order valence-electron chi connectivity index (χ0n) is 15.0. The van der Waals surface area contributed by atoms with Crippen LogP contribution in [0.4, 0.5) is 13.2 Å². The van der Waals surface area contributed by atoms with Gasteiger partial charge in [-0.15, -0.1) is 0 Å². The number of alkyl halides is 3. The maximum Gasteiger partial charge on any atom is 0.389 e. The van der Waals surface area contributed by atoms with Crippen molar-refractivity contribution in [1.29, 1.82) is 0 Å². The molecule has 0 aromatic carbocycles. The van der Waals surface area contributed by atoms with Crippen LogP contribution in [-0.2, 0) is 9.47 Å². The first kappa shape index (κ1) is 20.0. The Morgan fingerprint density at radius 3 is 2.04 bits per heavy atom. The summed E-state index contributed by atoms with van der Waals surface area (Å²) >= 11 is 0. The van der Waals surface area contributed by atoms with Crippen molar-refractivity contribution in [2.75, 3.05) is 13.2 Å². The van der Waals surface area contributed by atoms with Crippen molar-refractivity contribution in [1.82, 2.24) is 0 Å². The molecule has 1 heterocycles. The zero-order valence-corrected chi connectivity index (χ0v) is 15.0. The molecule has 142 valence electrons. The van der Waals surface area contributed by atoms with Crippen molar-refractivity contribution in [3.63, 3.8) is 0 Å². The van der Waals surface area contributed by atoms with Crippen LogP contribution in [-0.4, -0.2) is 25.7 Å². The number of ether oxygens (including phenoxy) is 2. The molecule has 0 N–H and O–H groups in total. The Morgan fingerprint density at radius 2 is 1.46 bits per heavy atom. The molecule has 0 amide bonds. The van der Waals surface area contributed by atoms with Gasteiger partial charge in [0.05, 0.1) is 13.2 Å². The number of halogens is 3. The molecule has 0 bridgehead atoms. The smallest absolute Gasteiger partial charge is 0.352 e. The topological polar surface area (TPSA) is 18.5 Å². The van der Waals surface area contributed by atoms with Crippen molar-refractivity contribution in [3.05, 3.63) is 0 Å². The Bertz CT molecular complexity index is 330. The molecule has 0 atom stereocenters. The van der Waals surface area contributed by atoms with Gasteiger partial charge in [-0.3, -0.25) is 0 Å². The average Bonchev–Trinajstić information content (AvgIpc) is 2.55. The van der Waals surface area contributed by atoms with E-state index in [9.17, 15) is 13.2 Å². The molecule has 2 fully saturated rings. The highest BCUT2D eigenvalue weighted by Crippen LogP contribution is 2.36. The molecule has 1 aliphatic heterocycles. The summed E-state index contributed by atoms with van der Waals surface area (Å²) in [4.78, 5) is 0. The van der Waals surface area contributed by atoms with E-state index in [4.69, 9.17) is 9.47 Å². The largest absolute Gasteiger partial charge is 0.389 e. The fraction of sp³-hybridized carbons (Fsp3) is 1.00. The van der Waals surface area contributed by atoms with E-state index in [-0.39, 0.29) is 18.6 Å². The maximum atomic E-state index is 12.2. The number of hydrogen-bond donors (Lipinski definition) is 0. The molecular formula is C19H33F3O2. The van der Waals surface area contributed by atoms with Crippen molar-refractivity contribution >= 4 is 0 Å². The van der Waals surface area contributed by atoms with E-state index >= 15 is 0 Å². The van der Waals surface area contributed by atoms with Gasteiger partial charge in [0.1, 0.15) is 0 Å². The molecule has 24 heavy (non-hydrogen) atoms.